The molecule has 3 rings (SSSR count). The molecule has 0 fully saturated rings. The van der Waals surface area contributed by atoms with Crippen LogP contribution in [0.4, 0.5) is 0 Å². The fraction of sp³-hybridized carbons (Fsp3) is 0.105. The van der Waals surface area contributed by atoms with Gasteiger partial charge in [0.1, 0.15) is 6.10 Å². The summed E-state index contributed by atoms with van der Waals surface area (Å²) in [5.41, 5.74) is 2.21. The summed E-state index contributed by atoms with van der Waals surface area (Å²) in [6.45, 7) is 4.24. The second-order valence-electron chi connectivity index (χ2n) is 4.86. The quantitative estimate of drug-likeness (QED) is 0.638. The molecule has 0 aliphatic rings. The van der Waals surface area contributed by atoms with Crippen molar-refractivity contribution in [2.75, 3.05) is 6.61 Å². The van der Waals surface area contributed by atoms with Crippen molar-refractivity contribution >= 4 is 10.8 Å². The van der Waals surface area contributed by atoms with Crippen LogP contribution in [-0.2, 0) is 4.74 Å². The Kier molecular flexibility index (Phi) is 4.08. The summed E-state index contributed by atoms with van der Waals surface area (Å²) in [6, 6.07) is 18.6. The SMILES string of the molecule is C=CCOC(c1cccnc1)c1cccc2ccccc12. The van der Waals surface area contributed by atoms with Gasteiger partial charge in [0.25, 0.3) is 0 Å². The van der Waals surface area contributed by atoms with Gasteiger partial charge in [0.2, 0.25) is 0 Å². The van der Waals surface area contributed by atoms with Gasteiger partial charge in [-0.3, -0.25) is 4.98 Å². The number of ether oxygens (including phenoxy) is 1. The van der Waals surface area contributed by atoms with Gasteiger partial charge >= 0.3 is 0 Å². The Morgan fingerprint density at radius 3 is 2.71 bits per heavy atom. The standard InChI is InChI=1S/C19H17NO/c1-2-13-21-19(16-9-6-12-20-14-16)18-11-5-8-15-7-3-4-10-17(15)18/h2-12,14,19H,1,13H2. The lowest BCUT2D eigenvalue weighted by Gasteiger charge is -2.19. The molecule has 2 heteroatoms. The molecule has 104 valence electrons. The van der Waals surface area contributed by atoms with E-state index in [0.717, 1.165) is 11.1 Å². The first-order chi connectivity index (χ1) is 10.4. The summed E-state index contributed by atoms with van der Waals surface area (Å²) in [4.78, 5) is 4.21. The number of benzene rings is 2. The Morgan fingerprint density at radius 2 is 1.90 bits per heavy atom. The van der Waals surface area contributed by atoms with Crippen LogP contribution in [-0.4, -0.2) is 11.6 Å². The van der Waals surface area contributed by atoms with Crippen LogP contribution in [0.15, 0.2) is 79.6 Å². The monoisotopic (exact) mass is 275 g/mol. The van der Waals surface area contributed by atoms with Crippen molar-refractivity contribution < 1.29 is 4.74 Å². The van der Waals surface area contributed by atoms with Crippen LogP contribution in [0.1, 0.15) is 17.2 Å². The molecule has 21 heavy (non-hydrogen) atoms. The average molecular weight is 275 g/mol. The highest BCUT2D eigenvalue weighted by Crippen LogP contribution is 2.31. The molecule has 3 aromatic rings. The van der Waals surface area contributed by atoms with Crippen LogP contribution in [0.5, 0.6) is 0 Å². The van der Waals surface area contributed by atoms with Gasteiger partial charge in [0, 0.05) is 18.0 Å². The summed E-state index contributed by atoms with van der Waals surface area (Å²) < 4.78 is 6.01. The fourth-order valence-corrected chi connectivity index (χ4v) is 2.54. The first-order valence-corrected chi connectivity index (χ1v) is 7.00. The molecule has 0 N–H and O–H groups in total. The zero-order valence-corrected chi connectivity index (χ0v) is 11.8. The number of hydrogen-bond acceptors (Lipinski definition) is 2. The number of aromatic nitrogens is 1. The average Bonchev–Trinajstić information content (AvgIpc) is 2.56. The molecule has 0 spiro atoms. The molecule has 0 radical (unpaired) electrons. The molecule has 2 nitrogen and oxygen atoms in total. The molecule has 1 aromatic heterocycles. The maximum Gasteiger partial charge on any atom is 0.110 e. The fourth-order valence-electron chi connectivity index (χ4n) is 2.54. The molecular formula is C19H17NO. The van der Waals surface area contributed by atoms with E-state index in [1.54, 1.807) is 12.3 Å². The van der Waals surface area contributed by atoms with Crippen LogP contribution < -0.4 is 0 Å². The lowest BCUT2D eigenvalue weighted by Crippen LogP contribution is -2.07. The van der Waals surface area contributed by atoms with Gasteiger partial charge in [-0.25, -0.2) is 0 Å². The summed E-state index contributed by atoms with van der Waals surface area (Å²) in [7, 11) is 0. The Bertz CT molecular complexity index is 731. The Hall–Kier alpha value is -2.45. The van der Waals surface area contributed by atoms with Crippen LogP contribution in [0.3, 0.4) is 0 Å². The third-order valence-corrected chi connectivity index (χ3v) is 3.47. The molecule has 0 saturated heterocycles. The van der Waals surface area contributed by atoms with Gasteiger partial charge in [-0.2, -0.15) is 0 Å². The minimum absolute atomic E-state index is 0.136. The van der Waals surface area contributed by atoms with Gasteiger partial charge in [0.05, 0.1) is 6.61 Å². The molecule has 1 unspecified atom stereocenters. The van der Waals surface area contributed by atoms with Crippen molar-refractivity contribution in [2.24, 2.45) is 0 Å². The number of hydrogen-bond donors (Lipinski definition) is 0. The lowest BCUT2D eigenvalue weighted by atomic mass is 9.96. The molecule has 0 amide bonds. The van der Waals surface area contributed by atoms with Crippen LogP contribution >= 0.6 is 0 Å². The first kappa shape index (κ1) is 13.5. The van der Waals surface area contributed by atoms with Gasteiger partial charge < -0.3 is 4.74 Å². The highest BCUT2D eigenvalue weighted by atomic mass is 16.5. The van der Waals surface area contributed by atoms with Gasteiger partial charge in [-0.05, 0) is 22.4 Å². The zero-order valence-electron chi connectivity index (χ0n) is 11.8. The Balaban J connectivity index is 2.12. The predicted molar refractivity (Wildman–Crippen MR) is 86.2 cm³/mol. The third kappa shape index (κ3) is 2.86. The van der Waals surface area contributed by atoms with Gasteiger partial charge in [-0.15, -0.1) is 6.58 Å². The van der Waals surface area contributed by atoms with E-state index in [1.165, 1.54) is 10.8 Å². The zero-order chi connectivity index (χ0) is 14.5. The molecule has 0 bridgehead atoms. The molecule has 0 saturated carbocycles. The van der Waals surface area contributed by atoms with Crippen LogP contribution in [0.2, 0.25) is 0 Å². The van der Waals surface area contributed by atoms with Crippen molar-refractivity contribution in [2.45, 2.75) is 6.10 Å². The highest BCUT2D eigenvalue weighted by Gasteiger charge is 2.16. The van der Waals surface area contributed by atoms with Crippen molar-refractivity contribution in [1.29, 1.82) is 0 Å². The van der Waals surface area contributed by atoms with E-state index in [1.807, 2.05) is 18.3 Å². The molecular weight excluding hydrogens is 258 g/mol. The number of fused-ring (bicyclic) bond motifs is 1. The minimum atomic E-state index is -0.136. The molecule has 0 aliphatic carbocycles. The van der Waals surface area contributed by atoms with E-state index in [2.05, 4.69) is 54.0 Å². The van der Waals surface area contributed by atoms with Gasteiger partial charge in [0.15, 0.2) is 0 Å². The molecule has 2 aromatic carbocycles. The number of nitrogens with zero attached hydrogens (tertiary/aromatic N) is 1. The smallest absolute Gasteiger partial charge is 0.110 e. The largest absolute Gasteiger partial charge is 0.365 e. The number of rotatable bonds is 5. The van der Waals surface area contributed by atoms with Crippen LogP contribution in [0.25, 0.3) is 10.8 Å². The Labute approximate surface area is 124 Å². The topological polar surface area (TPSA) is 22.1 Å². The number of pyridine rings is 1. The predicted octanol–water partition coefficient (Wildman–Crippen LogP) is 4.53. The van der Waals surface area contributed by atoms with E-state index >= 15 is 0 Å². The van der Waals surface area contributed by atoms with E-state index in [9.17, 15) is 0 Å². The van der Waals surface area contributed by atoms with Crippen LogP contribution in [0, 0.1) is 0 Å². The highest BCUT2D eigenvalue weighted by molar-refractivity contribution is 5.86. The Morgan fingerprint density at radius 1 is 1.05 bits per heavy atom. The van der Waals surface area contributed by atoms with Crippen molar-refractivity contribution in [3.8, 4) is 0 Å². The summed E-state index contributed by atoms with van der Waals surface area (Å²) in [5.74, 6) is 0. The first-order valence-electron chi connectivity index (χ1n) is 7.00. The van der Waals surface area contributed by atoms with Gasteiger partial charge in [-0.1, -0.05) is 54.6 Å². The third-order valence-electron chi connectivity index (χ3n) is 3.47. The second kappa shape index (κ2) is 6.33. The maximum absolute atomic E-state index is 6.01. The molecule has 1 atom stereocenters. The maximum atomic E-state index is 6.01. The summed E-state index contributed by atoms with van der Waals surface area (Å²) >= 11 is 0. The normalized spacial score (nSPS) is 12.2. The lowest BCUT2D eigenvalue weighted by molar-refractivity contribution is 0.105. The minimum Gasteiger partial charge on any atom is -0.365 e. The summed E-state index contributed by atoms with van der Waals surface area (Å²) in [6.07, 6.45) is 5.27. The van der Waals surface area contributed by atoms with Crippen molar-refractivity contribution in [3.63, 3.8) is 0 Å². The van der Waals surface area contributed by atoms with Crippen molar-refractivity contribution in [3.05, 3.63) is 90.8 Å². The second-order valence-corrected chi connectivity index (χ2v) is 4.86. The van der Waals surface area contributed by atoms with E-state index in [0.29, 0.717) is 6.61 Å². The summed E-state index contributed by atoms with van der Waals surface area (Å²) in [5, 5.41) is 2.42. The molecule has 0 aliphatic heterocycles. The van der Waals surface area contributed by atoms with Crippen molar-refractivity contribution in [1.82, 2.24) is 4.98 Å². The van der Waals surface area contributed by atoms with E-state index < -0.39 is 0 Å². The van der Waals surface area contributed by atoms with E-state index in [-0.39, 0.29) is 6.10 Å². The van der Waals surface area contributed by atoms with E-state index in [4.69, 9.17) is 4.74 Å². The molecule has 1 heterocycles.